The Labute approximate surface area is 159 Å². The maximum Gasteiger partial charge on any atom is 0.167 e. The maximum absolute atomic E-state index is 14.1. The zero-order valence-electron chi connectivity index (χ0n) is 16.6. The zero-order chi connectivity index (χ0) is 19.6. The third-order valence-electron chi connectivity index (χ3n) is 6.10. The Morgan fingerprint density at radius 2 is 1.74 bits per heavy atom. The van der Waals surface area contributed by atoms with E-state index < -0.39 is 11.0 Å². The SMILES string of the molecule is COc1ccc(F)cc1-c1cc2c(c3c1CCC3)NC(C)(C)C(=O)C2(C)C. The first-order chi connectivity index (χ1) is 12.7. The van der Waals surface area contributed by atoms with Gasteiger partial charge in [0, 0.05) is 11.3 Å². The third kappa shape index (κ3) is 2.57. The highest BCUT2D eigenvalue weighted by Crippen LogP contribution is 2.49. The quantitative estimate of drug-likeness (QED) is 0.808. The smallest absolute Gasteiger partial charge is 0.167 e. The maximum atomic E-state index is 14.1. The van der Waals surface area contributed by atoms with Gasteiger partial charge in [0.15, 0.2) is 5.78 Å². The number of Topliss-reactive ketones (excluding diaryl/α,β-unsaturated/α-hetero) is 1. The second-order valence-electron chi connectivity index (χ2n) is 8.71. The van der Waals surface area contributed by atoms with Crippen molar-refractivity contribution in [3.8, 4) is 16.9 Å². The highest BCUT2D eigenvalue weighted by Gasteiger charge is 2.47. The summed E-state index contributed by atoms with van der Waals surface area (Å²) in [6.07, 6.45) is 2.98. The molecule has 1 aliphatic carbocycles. The van der Waals surface area contributed by atoms with E-state index in [0.29, 0.717) is 5.75 Å². The van der Waals surface area contributed by atoms with Crippen molar-refractivity contribution in [2.24, 2.45) is 0 Å². The molecule has 0 fully saturated rings. The van der Waals surface area contributed by atoms with Crippen LogP contribution in [0.4, 0.5) is 10.1 Å². The predicted molar refractivity (Wildman–Crippen MR) is 106 cm³/mol. The molecule has 0 unspecified atom stereocenters. The summed E-state index contributed by atoms with van der Waals surface area (Å²) in [7, 11) is 1.60. The molecule has 0 radical (unpaired) electrons. The summed E-state index contributed by atoms with van der Waals surface area (Å²) in [4.78, 5) is 13.1. The summed E-state index contributed by atoms with van der Waals surface area (Å²) in [5, 5.41) is 3.51. The molecule has 1 heterocycles. The fourth-order valence-corrected chi connectivity index (χ4v) is 4.82. The van der Waals surface area contributed by atoms with E-state index in [4.69, 9.17) is 4.74 Å². The largest absolute Gasteiger partial charge is 0.496 e. The number of ketones is 1. The summed E-state index contributed by atoms with van der Waals surface area (Å²) in [6, 6.07) is 6.70. The van der Waals surface area contributed by atoms with Crippen molar-refractivity contribution in [2.75, 3.05) is 12.4 Å². The summed E-state index contributed by atoms with van der Waals surface area (Å²) >= 11 is 0. The van der Waals surface area contributed by atoms with Gasteiger partial charge in [-0.3, -0.25) is 4.79 Å². The Kier molecular flexibility index (Phi) is 3.88. The second kappa shape index (κ2) is 5.82. The molecule has 2 aromatic rings. The Morgan fingerprint density at radius 1 is 1.04 bits per heavy atom. The molecule has 2 aliphatic rings. The minimum atomic E-state index is -0.614. The van der Waals surface area contributed by atoms with Crippen molar-refractivity contribution in [2.45, 2.75) is 57.9 Å². The number of nitrogens with one attached hydrogen (secondary N) is 1. The summed E-state index contributed by atoms with van der Waals surface area (Å²) in [5.41, 5.74) is 5.12. The van der Waals surface area contributed by atoms with E-state index >= 15 is 0 Å². The van der Waals surface area contributed by atoms with Crippen molar-refractivity contribution < 1.29 is 13.9 Å². The summed E-state index contributed by atoms with van der Waals surface area (Å²) in [5.74, 6) is 0.529. The van der Waals surface area contributed by atoms with Crippen LogP contribution in [0.2, 0.25) is 0 Å². The van der Waals surface area contributed by atoms with Crippen molar-refractivity contribution in [3.63, 3.8) is 0 Å². The van der Waals surface area contributed by atoms with Gasteiger partial charge < -0.3 is 10.1 Å². The van der Waals surface area contributed by atoms with E-state index in [1.807, 2.05) is 27.7 Å². The van der Waals surface area contributed by atoms with Crippen molar-refractivity contribution >= 4 is 11.5 Å². The molecule has 4 rings (SSSR count). The molecule has 0 bridgehead atoms. The third-order valence-corrected chi connectivity index (χ3v) is 6.10. The standard InChI is InChI=1S/C23H26FNO2/c1-22(2)18-12-16(17-11-13(24)9-10-19(17)27-5)14-7-6-8-15(14)20(18)25-23(3,4)21(22)26/h9-12,25H,6-8H2,1-5H3. The predicted octanol–water partition coefficient (Wildman–Crippen LogP) is 5.04. The number of anilines is 1. The number of halogens is 1. The van der Waals surface area contributed by atoms with Gasteiger partial charge in [0.25, 0.3) is 0 Å². The number of hydrogen-bond donors (Lipinski definition) is 1. The van der Waals surface area contributed by atoms with E-state index in [-0.39, 0.29) is 11.6 Å². The van der Waals surface area contributed by atoms with E-state index in [9.17, 15) is 9.18 Å². The number of benzene rings is 2. The molecule has 4 heteroatoms. The van der Waals surface area contributed by atoms with Crippen LogP contribution >= 0.6 is 0 Å². The van der Waals surface area contributed by atoms with Gasteiger partial charge >= 0.3 is 0 Å². The number of methoxy groups -OCH3 is 1. The first-order valence-corrected chi connectivity index (χ1v) is 9.53. The highest BCUT2D eigenvalue weighted by molar-refractivity contribution is 6.04. The monoisotopic (exact) mass is 367 g/mol. The van der Waals surface area contributed by atoms with Gasteiger partial charge in [0.2, 0.25) is 0 Å². The zero-order valence-corrected chi connectivity index (χ0v) is 16.6. The molecular weight excluding hydrogens is 341 g/mol. The van der Waals surface area contributed by atoms with Crippen LogP contribution in [0.3, 0.4) is 0 Å². The summed E-state index contributed by atoms with van der Waals surface area (Å²) in [6.45, 7) is 7.88. The van der Waals surface area contributed by atoms with Crippen molar-refractivity contribution in [1.82, 2.24) is 0 Å². The number of rotatable bonds is 2. The lowest BCUT2D eigenvalue weighted by Crippen LogP contribution is -2.53. The molecule has 1 aliphatic heterocycles. The van der Waals surface area contributed by atoms with E-state index in [2.05, 4.69) is 11.4 Å². The van der Waals surface area contributed by atoms with Crippen LogP contribution in [0, 0.1) is 5.82 Å². The molecule has 0 saturated heterocycles. The lowest BCUT2D eigenvalue weighted by atomic mass is 9.68. The fraction of sp³-hybridized carbons (Fsp3) is 0.435. The van der Waals surface area contributed by atoms with Gasteiger partial charge in [-0.05, 0) is 93.5 Å². The van der Waals surface area contributed by atoms with E-state index in [1.54, 1.807) is 13.2 Å². The molecule has 0 spiro atoms. The molecule has 142 valence electrons. The summed E-state index contributed by atoms with van der Waals surface area (Å²) < 4.78 is 19.6. The minimum Gasteiger partial charge on any atom is -0.496 e. The van der Waals surface area contributed by atoms with Gasteiger partial charge in [-0.2, -0.15) is 0 Å². The van der Waals surface area contributed by atoms with Crippen LogP contribution < -0.4 is 10.1 Å². The number of hydrogen-bond acceptors (Lipinski definition) is 3. The molecule has 0 amide bonds. The normalized spacial score (nSPS) is 19.3. The van der Waals surface area contributed by atoms with Crippen LogP contribution in [-0.4, -0.2) is 18.4 Å². The Balaban J connectivity index is 2.04. The number of carbonyl (C=O) groups excluding carboxylic acids is 1. The Morgan fingerprint density at radius 3 is 2.44 bits per heavy atom. The highest BCUT2D eigenvalue weighted by atomic mass is 19.1. The van der Waals surface area contributed by atoms with Crippen molar-refractivity contribution in [3.05, 3.63) is 46.8 Å². The number of ether oxygens (including phenoxy) is 1. The second-order valence-corrected chi connectivity index (χ2v) is 8.71. The lowest BCUT2D eigenvalue weighted by Gasteiger charge is -2.43. The van der Waals surface area contributed by atoms with E-state index in [1.165, 1.54) is 23.3 Å². The topological polar surface area (TPSA) is 38.3 Å². The van der Waals surface area contributed by atoms with Gasteiger partial charge in [-0.15, -0.1) is 0 Å². The van der Waals surface area contributed by atoms with Crippen LogP contribution in [0.25, 0.3) is 11.1 Å². The van der Waals surface area contributed by atoms with Crippen LogP contribution in [-0.2, 0) is 23.1 Å². The molecule has 0 saturated carbocycles. The lowest BCUT2D eigenvalue weighted by molar-refractivity contribution is -0.127. The molecule has 1 N–H and O–H groups in total. The fourth-order valence-electron chi connectivity index (χ4n) is 4.82. The average molecular weight is 367 g/mol. The van der Waals surface area contributed by atoms with Crippen LogP contribution in [0.15, 0.2) is 24.3 Å². The molecule has 2 aromatic carbocycles. The molecule has 3 nitrogen and oxygen atoms in total. The number of fused-ring (bicyclic) bond motifs is 3. The number of carbonyl (C=O) groups is 1. The van der Waals surface area contributed by atoms with Crippen molar-refractivity contribution in [1.29, 1.82) is 0 Å². The molecule has 27 heavy (non-hydrogen) atoms. The Hall–Kier alpha value is -2.36. The van der Waals surface area contributed by atoms with Gasteiger partial charge in [-0.25, -0.2) is 4.39 Å². The molecule has 0 atom stereocenters. The first kappa shape index (κ1) is 18.0. The van der Waals surface area contributed by atoms with Crippen LogP contribution in [0.5, 0.6) is 5.75 Å². The molecular formula is C23H26FNO2. The first-order valence-electron chi connectivity index (χ1n) is 9.53. The van der Waals surface area contributed by atoms with Gasteiger partial charge in [0.05, 0.1) is 18.1 Å². The Bertz CT molecular complexity index is 959. The average Bonchev–Trinajstić information content (AvgIpc) is 3.10. The van der Waals surface area contributed by atoms with Crippen LogP contribution in [0.1, 0.15) is 50.8 Å². The van der Waals surface area contributed by atoms with Gasteiger partial charge in [0.1, 0.15) is 11.6 Å². The van der Waals surface area contributed by atoms with E-state index in [0.717, 1.165) is 41.6 Å². The minimum absolute atomic E-state index is 0.164. The molecule has 0 aromatic heterocycles. The van der Waals surface area contributed by atoms with Gasteiger partial charge in [-0.1, -0.05) is 0 Å².